The predicted octanol–water partition coefficient (Wildman–Crippen LogP) is -0.154. The van der Waals surface area contributed by atoms with Gasteiger partial charge in [0.25, 0.3) is 0 Å². The Balaban J connectivity index is 3.95. The van der Waals surface area contributed by atoms with Gasteiger partial charge >= 0.3 is 5.97 Å². The number of nitrogens with two attached hydrogens (primary N) is 1. The van der Waals surface area contributed by atoms with Crippen LogP contribution in [0.1, 0.15) is 40.0 Å². The second kappa shape index (κ2) is 5.97. The van der Waals surface area contributed by atoms with Gasteiger partial charge in [0.15, 0.2) is 0 Å². The van der Waals surface area contributed by atoms with E-state index in [2.05, 4.69) is 5.32 Å². The van der Waals surface area contributed by atoms with E-state index in [0.29, 0.717) is 6.42 Å². The molecule has 0 aliphatic carbocycles. The van der Waals surface area contributed by atoms with E-state index >= 15 is 0 Å². The van der Waals surface area contributed by atoms with E-state index in [-0.39, 0.29) is 18.9 Å². The van der Waals surface area contributed by atoms with Crippen molar-refractivity contribution in [3.63, 3.8) is 0 Å². The second-order valence-electron chi connectivity index (χ2n) is 5.33. The maximum Gasteiger partial charge on any atom is 0.306 e. The highest BCUT2D eigenvalue weighted by molar-refractivity contribution is 5.76. The number of carboxylic acids is 1. The molecule has 0 fully saturated rings. The van der Waals surface area contributed by atoms with Gasteiger partial charge in [-0.2, -0.15) is 0 Å². The van der Waals surface area contributed by atoms with Crippen LogP contribution in [0.4, 0.5) is 0 Å². The maximum absolute atomic E-state index is 11.4. The third-order valence-corrected chi connectivity index (χ3v) is 2.19. The van der Waals surface area contributed by atoms with E-state index < -0.39 is 23.5 Å². The molecule has 0 saturated carbocycles. The molecule has 0 aromatic carbocycles. The van der Waals surface area contributed by atoms with Crippen molar-refractivity contribution in [3.05, 3.63) is 0 Å². The Bertz CT molecular complexity index is 282. The van der Waals surface area contributed by atoms with Crippen LogP contribution in [-0.2, 0) is 9.59 Å². The number of aliphatic hydroxyl groups is 1. The zero-order valence-electron chi connectivity index (χ0n) is 10.6. The lowest BCUT2D eigenvalue weighted by Crippen LogP contribution is -2.42. The van der Waals surface area contributed by atoms with Gasteiger partial charge in [-0.25, -0.2) is 0 Å². The Hall–Kier alpha value is -1.14. The molecular formula is C11H22N2O4. The highest BCUT2D eigenvalue weighted by Crippen LogP contribution is 2.09. The monoisotopic (exact) mass is 246 g/mol. The predicted molar refractivity (Wildman–Crippen MR) is 63.4 cm³/mol. The topological polar surface area (TPSA) is 113 Å². The highest BCUT2D eigenvalue weighted by atomic mass is 16.4. The van der Waals surface area contributed by atoms with Crippen LogP contribution in [-0.4, -0.2) is 39.8 Å². The standard InChI is InChI=1S/C11H22N2O4/c1-10(2,12)5-4-8(14)13-7-11(3,17)6-9(15)16/h17H,4-7,12H2,1-3H3,(H,13,14)(H,15,16). The van der Waals surface area contributed by atoms with Crippen molar-refractivity contribution in [1.82, 2.24) is 5.32 Å². The van der Waals surface area contributed by atoms with Crippen molar-refractivity contribution >= 4 is 11.9 Å². The van der Waals surface area contributed by atoms with Gasteiger partial charge in [-0.05, 0) is 27.2 Å². The van der Waals surface area contributed by atoms with Gasteiger partial charge in [-0.3, -0.25) is 9.59 Å². The fourth-order valence-corrected chi connectivity index (χ4v) is 1.20. The summed E-state index contributed by atoms with van der Waals surface area (Å²) in [7, 11) is 0. The Morgan fingerprint density at radius 2 is 1.82 bits per heavy atom. The van der Waals surface area contributed by atoms with Crippen LogP contribution in [0.3, 0.4) is 0 Å². The molecule has 0 rings (SSSR count). The van der Waals surface area contributed by atoms with Crippen molar-refractivity contribution in [2.24, 2.45) is 5.73 Å². The number of rotatable bonds is 7. The first-order valence-corrected chi connectivity index (χ1v) is 5.52. The summed E-state index contributed by atoms with van der Waals surface area (Å²) in [6.07, 6.45) is 0.377. The average molecular weight is 246 g/mol. The lowest BCUT2D eigenvalue weighted by atomic mass is 9.99. The number of hydrogen-bond acceptors (Lipinski definition) is 4. The van der Waals surface area contributed by atoms with Crippen LogP contribution >= 0.6 is 0 Å². The van der Waals surface area contributed by atoms with Crippen molar-refractivity contribution in [3.8, 4) is 0 Å². The number of nitrogens with one attached hydrogen (secondary N) is 1. The van der Waals surface area contributed by atoms with Crippen LogP contribution < -0.4 is 11.1 Å². The quantitative estimate of drug-likeness (QED) is 0.499. The molecule has 0 bridgehead atoms. The van der Waals surface area contributed by atoms with E-state index in [1.54, 1.807) is 0 Å². The zero-order chi connectivity index (χ0) is 13.7. The fraction of sp³-hybridized carbons (Fsp3) is 0.818. The summed E-state index contributed by atoms with van der Waals surface area (Å²) >= 11 is 0. The van der Waals surface area contributed by atoms with Crippen LogP contribution in [0.15, 0.2) is 0 Å². The first-order chi connectivity index (χ1) is 7.52. The second-order valence-corrected chi connectivity index (χ2v) is 5.33. The molecule has 0 radical (unpaired) electrons. The summed E-state index contributed by atoms with van der Waals surface area (Å²) in [5.41, 5.74) is 3.88. The molecule has 0 aliphatic rings. The zero-order valence-corrected chi connectivity index (χ0v) is 10.6. The molecule has 1 atom stereocenters. The van der Waals surface area contributed by atoms with Crippen molar-refractivity contribution in [2.45, 2.75) is 51.2 Å². The number of aliphatic carboxylic acids is 1. The molecule has 0 spiro atoms. The van der Waals surface area contributed by atoms with Gasteiger partial charge in [-0.15, -0.1) is 0 Å². The molecule has 6 heteroatoms. The molecule has 0 aromatic rings. The van der Waals surface area contributed by atoms with Gasteiger partial charge in [0.05, 0.1) is 12.0 Å². The molecule has 5 N–H and O–H groups in total. The summed E-state index contributed by atoms with van der Waals surface area (Å²) < 4.78 is 0. The molecule has 0 saturated heterocycles. The molecule has 6 nitrogen and oxygen atoms in total. The van der Waals surface area contributed by atoms with Crippen LogP contribution in [0, 0.1) is 0 Å². The first-order valence-electron chi connectivity index (χ1n) is 5.52. The molecule has 0 aromatic heterocycles. The molecule has 0 aliphatic heterocycles. The fourth-order valence-electron chi connectivity index (χ4n) is 1.20. The number of carbonyl (C=O) groups excluding carboxylic acids is 1. The SMILES string of the molecule is CC(C)(N)CCC(=O)NCC(C)(O)CC(=O)O. The van der Waals surface area contributed by atoms with Crippen molar-refractivity contribution in [1.29, 1.82) is 0 Å². The minimum Gasteiger partial charge on any atom is -0.481 e. The van der Waals surface area contributed by atoms with Crippen LogP contribution in [0.5, 0.6) is 0 Å². The third-order valence-electron chi connectivity index (χ3n) is 2.19. The van der Waals surface area contributed by atoms with Gasteiger partial charge in [0.1, 0.15) is 0 Å². The van der Waals surface area contributed by atoms with E-state index in [4.69, 9.17) is 10.8 Å². The Kier molecular flexibility index (Phi) is 5.57. The number of hydrogen-bond donors (Lipinski definition) is 4. The Morgan fingerprint density at radius 1 is 1.29 bits per heavy atom. The summed E-state index contributed by atoms with van der Waals surface area (Å²) in [6.45, 7) is 4.93. The molecule has 100 valence electrons. The van der Waals surface area contributed by atoms with Gasteiger partial charge in [-0.1, -0.05) is 0 Å². The molecular weight excluding hydrogens is 224 g/mol. The van der Waals surface area contributed by atoms with Crippen LogP contribution in [0.25, 0.3) is 0 Å². The smallest absolute Gasteiger partial charge is 0.306 e. The van der Waals surface area contributed by atoms with Crippen LogP contribution in [0.2, 0.25) is 0 Å². The summed E-state index contributed by atoms with van der Waals surface area (Å²) in [5, 5.41) is 20.7. The highest BCUT2D eigenvalue weighted by Gasteiger charge is 2.25. The van der Waals surface area contributed by atoms with Crippen molar-refractivity contribution < 1.29 is 19.8 Å². The maximum atomic E-state index is 11.4. The van der Waals surface area contributed by atoms with Crippen molar-refractivity contribution in [2.75, 3.05) is 6.54 Å². The number of carboxylic acid groups (broad SMARTS) is 1. The number of amides is 1. The van der Waals surface area contributed by atoms with Gasteiger partial charge < -0.3 is 21.3 Å². The normalized spacial score (nSPS) is 15.1. The Morgan fingerprint density at radius 3 is 2.24 bits per heavy atom. The molecule has 0 heterocycles. The van der Waals surface area contributed by atoms with E-state index in [9.17, 15) is 14.7 Å². The van der Waals surface area contributed by atoms with E-state index in [0.717, 1.165) is 0 Å². The van der Waals surface area contributed by atoms with E-state index in [1.807, 2.05) is 13.8 Å². The lowest BCUT2D eigenvalue weighted by molar-refractivity contribution is -0.142. The summed E-state index contributed by atoms with van der Waals surface area (Å²) in [5.74, 6) is -1.35. The molecule has 17 heavy (non-hydrogen) atoms. The first kappa shape index (κ1) is 15.9. The minimum atomic E-state index is -1.43. The average Bonchev–Trinajstić information content (AvgIpc) is 2.08. The third kappa shape index (κ3) is 9.77. The Labute approximate surface area is 101 Å². The lowest BCUT2D eigenvalue weighted by Gasteiger charge is -2.22. The van der Waals surface area contributed by atoms with Gasteiger partial charge in [0.2, 0.25) is 5.91 Å². The molecule has 1 unspecified atom stereocenters. The summed E-state index contributed by atoms with van der Waals surface area (Å²) in [4.78, 5) is 21.8. The van der Waals surface area contributed by atoms with Gasteiger partial charge in [0, 0.05) is 18.5 Å². The summed E-state index contributed by atoms with van der Waals surface area (Å²) in [6, 6.07) is 0. The van der Waals surface area contributed by atoms with E-state index in [1.165, 1.54) is 6.92 Å². The number of carbonyl (C=O) groups is 2. The molecule has 1 amide bonds. The largest absolute Gasteiger partial charge is 0.481 e. The minimum absolute atomic E-state index is 0.0802.